The second kappa shape index (κ2) is 6.27. The van der Waals surface area contributed by atoms with E-state index in [0.717, 1.165) is 36.8 Å². The van der Waals surface area contributed by atoms with Crippen LogP contribution in [-0.4, -0.2) is 39.7 Å². The third-order valence-electron chi connectivity index (χ3n) is 6.93. The molecule has 0 amide bonds. The average molecular weight is 359 g/mol. The van der Waals surface area contributed by atoms with Crippen molar-refractivity contribution < 1.29 is 25.0 Å². The Balaban J connectivity index is 1.72. The fourth-order valence-corrected chi connectivity index (χ4v) is 5.63. The zero-order chi connectivity index (χ0) is 18.5. The minimum Gasteiger partial charge on any atom is -0.508 e. The van der Waals surface area contributed by atoms with Crippen molar-refractivity contribution in [3.8, 4) is 5.75 Å². The Kier molecular flexibility index (Phi) is 4.18. The lowest BCUT2D eigenvalue weighted by Crippen LogP contribution is -2.45. The van der Waals surface area contributed by atoms with Gasteiger partial charge in [-0.25, -0.2) is 4.79 Å². The SMILES string of the molecule is CC12CCC3c4ccc(O)cc4/C(=N/OCC(=O)O)CC3C1CCC2O. The van der Waals surface area contributed by atoms with Gasteiger partial charge < -0.3 is 20.2 Å². The molecule has 0 spiro atoms. The lowest BCUT2D eigenvalue weighted by atomic mass is 9.55. The van der Waals surface area contributed by atoms with Gasteiger partial charge in [-0.15, -0.1) is 0 Å². The maximum Gasteiger partial charge on any atom is 0.344 e. The highest BCUT2D eigenvalue weighted by Gasteiger charge is 2.55. The molecule has 0 saturated heterocycles. The van der Waals surface area contributed by atoms with Gasteiger partial charge in [0.25, 0.3) is 0 Å². The van der Waals surface area contributed by atoms with Crippen LogP contribution >= 0.6 is 0 Å². The fourth-order valence-electron chi connectivity index (χ4n) is 5.63. The summed E-state index contributed by atoms with van der Waals surface area (Å²) in [5.74, 6) is 0.263. The molecule has 1 aromatic carbocycles. The molecule has 0 radical (unpaired) electrons. The predicted molar refractivity (Wildman–Crippen MR) is 95.2 cm³/mol. The van der Waals surface area contributed by atoms with Gasteiger partial charge in [0.15, 0.2) is 0 Å². The normalized spacial score (nSPS) is 36.9. The maximum atomic E-state index is 10.7. The summed E-state index contributed by atoms with van der Waals surface area (Å²) in [4.78, 5) is 15.8. The first kappa shape index (κ1) is 17.3. The first-order valence-electron chi connectivity index (χ1n) is 9.32. The molecule has 3 aliphatic rings. The summed E-state index contributed by atoms with van der Waals surface area (Å²) < 4.78 is 0. The first-order chi connectivity index (χ1) is 12.4. The first-order valence-corrected chi connectivity index (χ1v) is 9.32. The van der Waals surface area contributed by atoms with Crippen LogP contribution in [0.3, 0.4) is 0 Å². The van der Waals surface area contributed by atoms with Crippen molar-refractivity contribution in [2.45, 2.75) is 51.0 Å². The standard InChI is InChI=1S/C20H25NO5/c1-20-7-6-13-12-3-2-11(22)8-15(12)17(21-26-10-19(24)25)9-14(13)16(20)4-5-18(20)23/h2-3,8,13-14,16,18,22-23H,4-7,9-10H2,1H3,(H,24,25)/b21-17+. The van der Waals surface area contributed by atoms with E-state index in [1.54, 1.807) is 12.1 Å². The van der Waals surface area contributed by atoms with Crippen LogP contribution in [0.1, 0.15) is 56.1 Å². The molecule has 3 N–H and O–H groups in total. The summed E-state index contributed by atoms with van der Waals surface area (Å²) in [6.07, 6.45) is 4.30. The van der Waals surface area contributed by atoms with E-state index in [9.17, 15) is 15.0 Å². The van der Waals surface area contributed by atoms with E-state index in [-0.39, 0.29) is 17.3 Å². The van der Waals surface area contributed by atoms with E-state index in [1.807, 2.05) is 6.07 Å². The maximum absolute atomic E-state index is 10.7. The second-order valence-corrected chi connectivity index (χ2v) is 8.20. The Morgan fingerprint density at radius 2 is 2.15 bits per heavy atom. The van der Waals surface area contributed by atoms with Crippen LogP contribution in [0.4, 0.5) is 0 Å². The monoisotopic (exact) mass is 359 g/mol. The molecule has 0 heterocycles. The molecule has 1 aromatic rings. The van der Waals surface area contributed by atoms with Gasteiger partial charge in [-0.1, -0.05) is 18.1 Å². The number of phenols is 1. The van der Waals surface area contributed by atoms with Crippen molar-refractivity contribution >= 4 is 11.7 Å². The molecular formula is C20H25NO5. The quantitative estimate of drug-likeness (QED) is 0.721. The number of nitrogens with zero attached hydrogens (tertiary/aromatic N) is 1. The van der Waals surface area contributed by atoms with Crippen LogP contribution in [-0.2, 0) is 9.63 Å². The molecule has 6 nitrogen and oxygen atoms in total. The number of aliphatic hydroxyl groups is 1. The van der Waals surface area contributed by atoms with E-state index in [1.165, 1.54) is 0 Å². The van der Waals surface area contributed by atoms with Crippen LogP contribution in [0.5, 0.6) is 5.75 Å². The van der Waals surface area contributed by atoms with Gasteiger partial charge in [-0.2, -0.15) is 0 Å². The largest absolute Gasteiger partial charge is 0.508 e. The number of benzene rings is 1. The molecule has 26 heavy (non-hydrogen) atoms. The van der Waals surface area contributed by atoms with Gasteiger partial charge in [0.2, 0.25) is 6.61 Å². The highest BCUT2D eigenvalue weighted by Crippen LogP contribution is 2.60. The van der Waals surface area contributed by atoms with Crippen molar-refractivity contribution in [3.63, 3.8) is 0 Å². The molecule has 5 atom stereocenters. The molecule has 0 aromatic heterocycles. The molecule has 140 valence electrons. The smallest absolute Gasteiger partial charge is 0.344 e. The molecule has 5 unspecified atom stereocenters. The fraction of sp³-hybridized carbons (Fsp3) is 0.600. The lowest BCUT2D eigenvalue weighted by Gasteiger charge is -2.50. The van der Waals surface area contributed by atoms with Crippen molar-refractivity contribution in [1.29, 1.82) is 0 Å². The van der Waals surface area contributed by atoms with Crippen molar-refractivity contribution in [3.05, 3.63) is 29.3 Å². The van der Waals surface area contributed by atoms with Crippen LogP contribution in [0.2, 0.25) is 0 Å². The summed E-state index contributed by atoms with van der Waals surface area (Å²) in [6.45, 7) is 1.72. The van der Waals surface area contributed by atoms with Gasteiger partial charge in [-0.3, -0.25) is 0 Å². The topological polar surface area (TPSA) is 99.4 Å². The van der Waals surface area contributed by atoms with Gasteiger partial charge in [0.05, 0.1) is 11.8 Å². The van der Waals surface area contributed by atoms with E-state index in [4.69, 9.17) is 9.94 Å². The van der Waals surface area contributed by atoms with Crippen LogP contribution < -0.4 is 0 Å². The van der Waals surface area contributed by atoms with Crippen molar-refractivity contribution in [2.75, 3.05) is 6.61 Å². The summed E-state index contributed by atoms with van der Waals surface area (Å²) >= 11 is 0. The third-order valence-corrected chi connectivity index (χ3v) is 6.93. The number of aromatic hydroxyl groups is 1. The lowest BCUT2D eigenvalue weighted by molar-refractivity contribution is -0.142. The molecule has 0 bridgehead atoms. The van der Waals surface area contributed by atoms with E-state index in [2.05, 4.69) is 12.1 Å². The third kappa shape index (κ3) is 2.67. The number of hydrogen-bond acceptors (Lipinski definition) is 5. The van der Waals surface area contributed by atoms with Gasteiger partial charge in [-0.05, 0) is 73.0 Å². The van der Waals surface area contributed by atoms with Crippen molar-refractivity contribution in [1.82, 2.24) is 0 Å². The molecule has 2 fully saturated rings. The number of carboxylic acids is 1. The van der Waals surface area contributed by atoms with E-state index in [0.29, 0.717) is 29.9 Å². The number of oxime groups is 1. The summed E-state index contributed by atoms with van der Waals surface area (Å²) in [6, 6.07) is 5.36. The van der Waals surface area contributed by atoms with Gasteiger partial charge in [0, 0.05) is 5.56 Å². The highest BCUT2D eigenvalue weighted by molar-refractivity contribution is 6.03. The van der Waals surface area contributed by atoms with Crippen molar-refractivity contribution in [2.24, 2.45) is 22.4 Å². The number of hydrogen-bond donors (Lipinski definition) is 3. The molecular weight excluding hydrogens is 334 g/mol. The number of phenolic OH excluding ortho intramolecular Hbond substituents is 1. The van der Waals surface area contributed by atoms with Crippen LogP contribution in [0.25, 0.3) is 0 Å². The zero-order valence-corrected chi connectivity index (χ0v) is 14.9. The van der Waals surface area contributed by atoms with Gasteiger partial charge >= 0.3 is 5.97 Å². The highest BCUT2D eigenvalue weighted by atomic mass is 16.6. The molecule has 4 rings (SSSR count). The Morgan fingerprint density at radius 3 is 2.92 bits per heavy atom. The van der Waals surface area contributed by atoms with Crippen LogP contribution in [0, 0.1) is 17.3 Å². The number of aliphatic hydroxyl groups excluding tert-OH is 1. The Bertz CT molecular complexity index is 761. The number of aliphatic carboxylic acids is 1. The number of carboxylic acid groups (broad SMARTS) is 1. The van der Waals surface area contributed by atoms with Crippen LogP contribution in [0.15, 0.2) is 23.4 Å². The summed E-state index contributed by atoms with van der Waals surface area (Å²) in [7, 11) is 0. The molecule has 2 saturated carbocycles. The predicted octanol–water partition coefficient (Wildman–Crippen LogP) is 2.87. The number of rotatable bonds is 3. The Morgan fingerprint density at radius 1 is 1.35 bits per heavy atom. The zero-order valence-electron chi connectivity index (χ0n) is 14.9. The van der Waals surface area contributed by atoms with E-state index >= 15 is 0 Å². The minimum absolute atomic E-state index is 0.0530. The number of carbonyl (C=O) groups is 1. The molecule has 0 aliphatic heterocycles. The van der Waals surface area contributed by atoms with E-state index < -0.39 is 12.6 Å². The Hall–Kier alpha value is -2.08. The summed E-state index contributed by atoms with van der Waals surface area (Å²) in [5, 5.41) is 33.3. The molecule has 6 heteroatoms. The number of fused-ring (bicyclic) bond motifs is 5. The van der Waals surface area contributed by atoms with Gasteiger partial charge in [0.1, 0.15) is 5.75 Å². The Labute approximate surface area is 152 Å². The second-order valence-electron chi connectivity index (χ2n) is 8.20. The average Bonchev–Trinajstić information content (AvgIpc) is 2.90. The minimum atomic E-state index is -1.07. The summed E-state index contributed by atoms with van der Waals surface area (Å²) in [5.41, 5.74) is 2.66. The molecule has 3 aliphatic carbocycles.